The predicted octanol–water partition coefficient (Wildman–Crippen LogP) is 4.62. The maximum absolute atomic E-state index is 3.52. The molecular weight excluding hydrogens is 258 g/mol. The third-order valence-corrected chi connectivity index (χ3v) is 6.12. The molecule has 0 amide bonds. The summed E-state index contributed by atoms with van der Waals surface area (Å²) in [5, 5.41) is 3.52. The van der Waals surface area contributed by atoms with Crippen molar-refractivity contribution in [2.75, 3.05) is 12.8 Å². The first-order valence-corrected chi connectivity index (χ1v) is 9.08. The molecule has 0 aliphatic carbocycles. The van der Waals surface area contributed by atoms with Crippen molar-refractivity contribution in [3.8, 4) is 0 Å². The molecule has 0 radical (unpaired) electrons. The first-order chi connectivity index (χ1) is 8.74. The number of thioether (sulfide) groups is 1. The van der Waals surface area contributed by atoms with Crippen LogP contribution in [0.3, 0.4) is 0 Å². The van der Waals surface area contributed by atoms with Gasteiger partial charge in [0.1, 0.15) is 0 Å². The molecule has 1 nitrogen and oxygen atoms in total. The SMILES string of the molecule is CCCC(C)CC(NC)c1cc2c(s1)CCSC2. The molecule has 18 heavy (non-hydrogen) atoms. The lowest BCUT2D eigenvalue weighted by atomic mass is 9.96. The highest BCUT2D eigenvalue weighted by atomic mass is 32.2. The van der Waals surface area contributed by atoms with Crippen LogP contribution in [0.25, 0.3) is 0 Å². The minimum atomic E-state index is 0.562. The normalized spacial score (nSPS) is 18.4. The second kappa shape index (κ2) is 6.97. The van der Waals surface area contributed by atoms with Crippen molar-refractivity contribution in [1.29, 1.82) is 0 Å². The van der Waals surface area contributed by atoms with Gasteiger partial charge in [0.05, 0.1) is 0 Å². The zero-order valence-corrected chi connectivity index (χ0v) is 13.4. The number of hydrogen-bond donors (Lipinski definition) is 1. The second-order valence-electron chi connectivity index (χ2n) is 5.37. The Morgan fingerprint density at radius 3 is 2.94 bits per heavy atom. The Bertz CT molecular complexity index is 349. The van der Waals surface area contributed by atoms with E-state index in [1.54, 1.807) is 15.3 Å². The second-order valence-corrected chi connectivity index (χ2v) is 7.64. The van der Waals surface area contributed by atoms with Gasteiger partial charge in [-0.05, 0) is 43.2 Å². The van der Waals surface area contributed by atoms with Gasteiger partial charge in [0.2, 0.25) is 0 Å². The molecule has 0 saturated heterocycles. The molecule has 0 fully saturated rings. The van der Waals surface area contributed by atoms with E-state index in [-0.39, 0.29) is 0 Å². The summed E-state index contributed by atoms with van der Waals surface area (Å²) in [6.45, 7) is 4.67. The zero-order chi connectivity index (χ0) is 13.0. The zero-order valence-electron chi connectivity index (χ0n) is 11.8. The highest BCUT2D eigenvalue weighted by Crippen LogP contribution is 2.36. The fraction of sp³-hybridized carbons (Fsp3) is 0.733. The van der Waals surface area contributed by atoms with Gasteiger partial charge in [-0.25, -0.2) is 0 Å². The maximum atomic E-state index is 3.52. The van der Waals surface area contributed by atoms with Gasteiger partial charge in [0, 0.05) is 21.5 Å². The van der Waals surface area contributed by atoms with Crippen molar-refractivity contribution in [2.24, 2.45) is 5.92 Å². The Morgan fingerprint density at radius 1 is 1.44 bits per heavy atom. The van der Waals surface area contributed by atoms with Crippen LogP contribution in [0, 0.1) is 5.92 Å². The highest BCUT2D eigenvalue weighted by Gasteiger charge is 2.19. The van der Waals surface area contributed by atoms with Crippen LogP contribution in [-0.4, -0.2) is 12.8 Å². The third-order valence-electron chi connectivity index (χ3n) is 3.76. The molecule has 3 heteroatoms. The number of hydrogen-bond acceptors (Lipinski definition) is 3. The molecule has 2 heterocycles. The standard InChI is InChI=1S/C15H25NS2/c1-4-5-11(2)8-13(16-3)15-9-12-10-17-7-6-14(12)18-15/h9,11,13,16H,4-8,10H2,1-3H3. The van der Waals surface area contributed by atoms with E-state index in [9.17, 15) is 0 Å². The Morgan fingerprint density at radius 2 is 2.28 bits per heavy atom. The van der Waals surface area contributed by atoms with E-state index >= 15 is 0 Å². The van der Waals surface area contributed by atoms with Crippen molar-refractivity contribution < 1.29 is 0 Å². The molecule has 0 aromatic carbocycles. The molecule has 2 atom stereocenters. The molecule has 0 spiro atoms. The Kier molecular flexibility index (Phi) is 5.58. The van der Waals surface area contributed by atoms with Gasteiger partial charge >= 0.3 is 0 Å². The number of thiophene rings is 1. The van der Waals surface area contributed by atoms with E-state index < -0.39 is 0 Å². The number of nitrogens with one attached hydrogen (secondary N) is 1. The molecule has 0 bridgehead atoms. The summed E-state index contributed by atoms with van der Waals surface area (Å²) >= 11 is 4.13. The van der Waals surface area contributed by atoms with Crippen LogP contribution in [0.5, 0.6) is 0 Å². The summed E-state index contributed by atoms with van der Waals surface area (Å²) in [5.41, 5.74) is 1.61. The minimum absolute atomic E-state index is 0.562. The van der Waals surface area contributed by atoms with Crippen LogP contribution in [0.4, 0.5) is 0 Å². The molecular formula is C15H25NS2. The summed E-state index contributed by atoms with van der Waals surface area (Å²) in [7, 11) is 2.11. The van der Waals surface area contributed by atoms with Crippen molar-refractivity contribution in [2.45, 2.75) is 51.3 Å². The fourth-order valence-corrected chi connectivity index (χ4v) is 5.23. The largest absolute Gasteiger partial charge is 0.312 e. The van der Waals surface area contributed by atoms with Gasteiger partial charge in [0.25, 0.3) is 0 Å². The van der Waals surface area contributed by atoms with Crippen molar-refractivity contribution in [3.05, 3.63) is 21.4 Å². The van der Waals surface area contributed by atoms with Crippen LogP contribution < -0.4 is 5.32 Å². The average molecular weight is 284 g/mol. The quantitative estimate of drug-likeness (QED) is 0.817. The predicted molar refractivity (Wildman–Crippen MR) is 84.7 cm³/mol. The van der Waals surface area contributed by atoms with Crippen molar-refractivity contribution in [3.63, 3.8) is 0 Å². The van der Waals surface area contributed by atoms with Gasteiger partial charge in [-0.15, -0.1) is 11.3 Å². The molecule has 0 saturated carbocycles. The van der Waals surface area contributed by atoms with Crippen LogP contribution in [-0.2, 0) is 12.2 Å². The van der Waals surface area contributed by atoms with E-state index in [1.807, 2.05) is 0 Å². The lowest BCUT2D eigenvalue weighted by Crippen LogP contribution is -2.18. The monoisotopic (exact) mass is 283 g/mol. The third kappa shape index (κ3) is 3.52. The topological polar surface area (TPSA) is 12.0 Å². The molecule has 1 aliphatic rings. The number of fused-ring (bicyclic) bond motifs is 1. The minimum Gasteiger partial charge on any atom is -0.312 e. The molecule has 1 aromatic rings. The summed E-state index contributed by atoms with van der Waals surface area (Å²) in [5.74, 6) is 3.36. The van der Waals surface area contributed by atoms with Gasteiger partial charge in [-0.1, -0.05) is 26.7 Å². The van der Waals surface area contributed by atoms with Crippen LogP contribution in [0.15, 0.2) is 6.07 Å². The average Bonchev–Trinajstić information content (AvgIpc) is 2.79. The van der Waals surface area contributed by atoms with Crippen molar-refractivity contribution >= 4 is 23.1 Å². The smallest absolute Gasteiger partial charge is 0.0415 e. The van der Waals surface area contributed by atoms with E-state index in [2.05, 4.69) is 55.4 Å². The first kappa shape index (κ1) is 14.4. The lowest BCUT2D eigenvalue weighted by Gasteiger charge is -2.19. The van der Waals surface area contributed by atoms with Gasteiger partial charge < -0.3 is 5.32 Å². The summed E-state index contributed by atoms with van der Waals surface area (Å²) in [6, 6.07) is 3.03. The molecule has 102 valence electrons. The Balaban J connectivity index is 2.05. The van der Waals surface area contributed by atoms with Crippen LogP contribution >= 0.6 is 23.1 Å². The lowest BCUT2D eigenvalue weighted by molar-refractivity contribution is 0.410. The summed E-state index contributed by atoms with van der Waals surface area (Å²) in [6.07, 6.45) is 5.21. The summed E-state index contributed by atoms with van der Waals surface area (Å²) in [4.78, 5) is 3.21. The van der Waals surface area contributed by atoms with E-state index in [4.69, 9.17) is 0 Å². The molecule has 1 aromatic heterocycles. The maximum Gasteiger partial charge on any atom is 0.0415 e. The molecule has 2 unspecified atom stereocenters. The van der Waals surface area contributed by atoms with Crippen LogP contribution in [0.1, 0.15) is 54.5 Å². The Labute approximate surface area is 120 Å². The summed E-state index contributed by atoms with van der Waals surface area (Å²) < 4.78 is 0. The van der Waals surface area contributed by atoms with Gasteiger partial charge in [-0.2, -0.15) is 11.8 Å². The number of aryl methyl sites for hydroxylation is 1. The number of rotatable bonds is 6. The Hall–Kier alpha value is 0.01000. The molecule has 2 rings (SSSR count). The van der Waals surface area contributed by atoms with Gasteiger partial charge in [-0.3, -0.25) is 0 Å². The first-order valence-electron chi connectivity index (χ1n) is 7.11. The van der Waals surface area contributed by atoms with Crippen LogP contribution in [0.2, 0.25) is 0 Å². The van der Waals surface area contributed by atoms with Gasteiger partial charge in [0.15, 0.2) is 0 Å². The molecule has 1 aliphatic heterocycles. The molecule has 1 N–H and O–H groups in total. The van der Waals surface area contributed by atoms with E-state index in [0.29, 0.717) is 6.04 Å². The van der Waals surface area contributed by atoms with Crippen molar-refractivity contribution in [1.82, 2.24) is 5.32 Å². The fourth-order valence-electron chi connectivity index (χ4n) is 2.73. The van der Waals surface area contributed by atoms with E-state index in [0.717, 1.165) is 5.92 Å². The highest BCUT2D eigenvalue weighted by molar-refractivity contribution is 7.98. The van der Waals surface area contributed by atoms with E-state index in [1.165, 1.54) is 37.2 Å².